The summed E-state index contributed by atoms with van der Waals surface area (Å²) in [5.41, 5.74) is 3.40. The number of carbonyl (C=O) groups is 4. The molecule has 270 valence electrons. The number of ether oxygens (including phenoxy) is 6. The highest BCUT2D eigenvalue weighted by Crippen LogP contribution is 2.27. The molecule has 0 heterocycles. The first-order valence-electron chi connectivity index (χ1n) is 17.3. The van der Waals surface area contributed by atoms with E-state index in [1.807, 2.05) is 37.3 Å². The van der Waals surface area contributed by atoms with E-state index < -0.39 is 23.9 Å². The molecule has 0 aromatic heterocycles. The van der Waals surface area contributed by atoms with E-state index in [0.29, 0.717) is 55.3 Å². The lowest BCUT2D eigenvalue weighted by Crippen LogP contribution is -2.22. The molecule has 4 rings (SSSR count). The zero-order valence-corrected chi connectivity index (χ0v) is 29.2. The molecule has 1 aliphatic rings. The highest BCUT2D eigenvalue weighted by molar-refractivity contribution is 5.93. The summed E-state index contributed by atoms with van der Waals surface area (Å²) in [4.78, 5) is 48.2. The molecular weight excluding hydrogens is 652 g/mol. The fraction of sp³-hybridized carbons (Fsp3) is 0.366. The second kappa shape index (κ2) is 20.3. The number of hydrogen-bond acceptors (Lipinski definition) is 10. The first kappa shape index (κ1) is 38.4. The Hall–Kier alpha value is -5.38. The van der Waals surface area contributed by atoms with Gasteiger partial charge in [-0.15, -0.1) is 0 Å². The molecule has 0 amide bonds. The molecule has 3 aromatic rings. The van der Waals surface area contributed by atoms with Gasteiger partial charge in [0.1, 0.15) is 23.4 Å². The molecule has 0 atom stereocenters. The van der Waals surface area contributed by atoms with E-state index in [0.717, 1.165) is 48.4 Å². The van der Waals surface area contributed by atoms with Gasteiger partial charge in [0, 0.05) is 18.1 Å². The quantitative estimate of drug-likeness (QED) is 0.0401. The Kier molecular flexibility index (Phi) is 15.3. The Labute approximate surface area is 299 Å². The van der Waals surface area contributed by atoms with Gasteiger partial charge in [0.05, 0.1) is 38.4 Å². The molecule has 0 N–H and O–H groups in total. The molecule has 1 saturated carbocycles. The van der Waals surface area contributed by atoms with Crippen LogP contribution in [0.5, 0.6) is 17.2 Å². The fourth-order valence-corrected chi connectivity index (χ4v) is 5.41. The van der Waals surface area contributed by atoms with Gasteiger partial charge in [-0.1, -0.05) is 37.8 Å². The molecule has 51 heavy (non-hydrogen) atoms. The van der Waals surface area contributed by atoms with E-state index in [1.54, 1.807) is 36.4 Å². The average molecular weight is 699 g/mol. The third-order valence-corrected chi connectivity index (χ3v) is 8.17. The monoisotopic (exact) mass is 698 g/mol. The van der Waals surface area contributed by atoms with Crippen LogP contribution in [-0.2, 0) is 28.6 Å². The molecule has 0 unspecified atom stereocenters. The van der Waals surface area contributed by atoms with Crippen molar-refractivity contribution in [2.45, 2.75) is 70.8 Å². The number of rotatable bonds is 19. The van der Waals surface area contributed by atoms with Gasteiger partial charge in [-0.3, -0.25) is 4.79 Å². The van der Waals surface area contributed by atoms with Crippen molar-refractivity contribution >= 4 is 23.9 Å². The van der Waals surface area contributed by atoms with Crippen molar-refractivity contribution in [2.75, 3.05) is 26.4 Å². The number of carbonyl (C=O) groups excluding carboxylic acids is 4. The average Bonchev–Trinajstić information content (AvgIpc) is 3.14. The molecule has 0 spiro atoms. The molecule has 0 aliphatic heterocycles. The minimum Gasteiger partial charge on any atom is -0.494 e. The maximum Gasteiger partial charge on any atom is 0.343 e. The Bertz CT molecular complexity index is 1640. The predicted molar refractivity (Wildman–Crippen MR) is 192 cm³/mol. The summed E-state index contributed by atoms with van der Waals surface area (Å²) in [6.45, 7) is 10.2. The van der Waals surface area contributed by atoms with Crippen molar-refractivity contribution in [1.29, 1.82) is 0 Å². The molecule has 3 aromatic carbocycles. The predicted octanol–water partition coefficient (Wildman–Crippen LogP) is 7.90. The Morgan fingerprint density at radius 2 is 1.35 bits per heavy atom. The van der Waals surface area contributed by atoms with Crippen LogP contribution < -0.4 is 14.2 Å². The molecule has 0 radical (unpaired) electrons. The summed E-state index contributed by atoms with van der Waals surface area (Å²) in [5, 5.41) is 0. The van der Waals surface area contributed by atoms with E-state index in [1.165, 1.54) is 6.42 Å². The van der Waals surface area contributed by atoms with E-state index in [-0.39, 0.29) is 31.3 Å². The lowest BCUT2D eigenvalue weighted by molar-refractivity contribution is -0.151. The van der Waals surface area contributed by atoms with Crippen molar-refractivity contribution in [1.82, 2.24) is 0 Å². The second-order valence-electron chi connectivity index (χ2n) is 12.2. The van der Waals surface area contributed by atoms with Crippen LogP contribution in [0, 0.1) is 6.92 Å². The first-order chi connectivity index (χ1) is 24.7. The van der Waals surface area contributed by atoms with Crippen LogP contribution in [0.2, 0.25) is 0 Å². The molecule has 1 fully saturated rings. The maximum atomic E-state index is 12.8. The van der Waals surface area contributed by atoms with Crippen LogP contribution in [0.4, 0.5) is 0 Å². The van der Waals surface area contributed by atoms with Gasteiger partial charge in [-0.05, 0) is 111 Å². The summed E-state index contributed by atoms with van der Waals surface area (Å²) in [5.74, 6) is -0.242. The Morgan fingerprint density at radius 3 is 2.02 bits per heavy atom. The number of benzene rings is 3. The van der Waals surface area contributed by atoms with Crippen molar-refractivity contribution in [3.63, 3.8) is 0 Å². The van der Waals surface area contributed by atoms with Gasteiger partial charge in [0.15, 0.2) is 0 Å². The van der Waals surface area contributed by atoms with Gasteiger partial charge >= 0.3 is 23.9 Å². The summed E-state index contributed by atoms with van der Waals surface area (Å²) in [7, 11) is 0. The fourth-order valence-electron chi connectivity index (χ4n) is 5.41. The van der Waals surface area contributed by atoms with Crippen molar-refractivity contribution in [3.8, 4) is 28.4 Å². The Balaban J connectivity index is 1.13. The van der Waals surface area contributed by atoms with E-state index in [9.17, 15) is 19.2 Å². The summed E-state index contributed by atoms with van der Waals surface area (Å²) >= 11 is 0. The highest BCUT2D eigenvalue weighted by atomic mass is 16.6. The van der Waals surface area contributed by atoms with Gasteiger partial charge < -0.3 is 28.4 Å². The van der Waals surface area contributed by atoms with Crippen LogP contribution in [0.25, 0.3) is 11.1 Å². The molecule has 1 aliphatic carbocycles. The number of aryl methyl sites for hydroxylation is 1. The van der Waals surface area contributed by atoms with Crippen LogP contribution in [0.1, 0.15) is 73.7 Å². The summed E-state index contributed by atoms with van der Waals surface area (Å²) < 4.78 is 32.6. The van der Waals surface area contributed by atoms with Crippen molar-refractivity contribution < 1.29 is 47.6 Å². The molecule has 10 heteroatoms. The zero-order valence-electron chi connectivity index (χ0n) is 29.2. The van der Waals surface area contributed by atoms with Crippen LogP contribution in [-0.4, -0.2) is 56.4 Å². The topological polar surface area (TPSA) is 124 Å². The van der Waals surface area contributed by atoms with Crippen molar-refractivity contribution in [2.24, 2.45) is 0 Å². The lowest BCUT2D eigenvalue weighted by Gasteiger charge is -2.21. The minimum absolute atomic E-state index is 0.0548. The molecule has 0 saturated heterocycles. The third kappa shape index (κ3) is 13.1. The third-order valence-electron chi connectivity index (χ3n) is 8.17. The molecule has 0 bridgehead atoms. The number of unbranched alkanes of at least 4 members (excludes halogenated alkanes) is 1. The van der Waals surface area contributed by atoms with E-state index >= 15 is 0 Å². The van der Waals surface area contributed by atoms with Gasteiger partial charge in [-0.2, -0.15) is 0 Å². The van der Waals surface area contributed by atoms with Gasteiger partial charge in [-0.25, -0.2) is 14.4 Å². The lowest BCUT2D eigenvalue weighted by atomic mass is 9.98. The van der Waals surface area contributed by atoms with Crippen LogP contribution >= 0.6 is 0 Å². The smallest absolute Gasteiger partial charge is 0.343 e. The van der Waals surface area contributed by atoms with E-state index in [4.69, 9.17) is 28.4 Å². The Morgan fingerprint density at radius 1 is 0.745 bits per heavy atom. The van der Waals surface area contributed by atoms with Crippen molar-refractivity contribution in [3.05, 3.63) is 103 Å². The molecular formula is C41H46O10. The highest BCUT2D eigenvalue weighted by Gasteiger charge is 2.20. The minimum atomic E-state index is -0.580. The SMILES string of the molecule is C=CC(=O)OCCCOc1ccc(OC(=O)c2ccc(-c3ccc(OCCCCOC(=O)C(=C)CC(=O)OC4CCCCC4)cc3)c(C)c2)cc1. The standard InChI is InChI=1S/C41H46O10/c1-4-38(42)48-26-10-25-47-34-18-20-36(21-19-34)51-41(45)32-15-22-37(29(2)27-32)31-13-16-33(17-14-31)46-23-8-9-24-49-40(44)30(3)28-39(43)50-35-11-6-5-7-12-35/h4,13-22,27,35H,1,3,5-12,23-26,28H2,2H3. The number of esters is 4. The van der Waals surface area contributed by atoms with Gasteiger partial charge in [0.25, 0.3) is 0 Å². The molecule has 10 nitrogen and oxygen atoms in total. The normalized spacial score (nSPS) is 12.6. The van der Waals surface area contributed by atoms with Gasteiger partial charge in [0.2, 0.25) is 0 Å². The largest absolute Gasteiger partial charge is 0.494 e. The summed E-state index contributed by atoms with van der Waals surface area (Å²) in [6, 6.07) is 19.8. The zero-order chi connectivity index (χ0) is 36.4. The second-order valence-corrected chi connectivity index (χ2v) is 12.2. The van der Waals surface area contributed by atoms with Crippen LogP contribution in [0.3, 0.4) is 0 Å². The first-order valence-corrected chi connectivity index (χ1v) is 17.3. The number of hydrogen-bond donors (Lipinski definition) is 0. The maximum absolute atomic E-state index is 12.8. The van der Waals surface area contributed by atoms with E-state index in [2.05, 4.69) is 13.2 Å². The van der Waals surface area contributed by atoms with Crippen LogP contribution in [0.15, 0.2) is 91.5 Å². The summed E-state index contributed by atoms with van der Waals surface area (Å²) in [6.07, 6.45) is 7.76.